The first-order valence-corrected chi connectivity index (χ1v) is 8.83. The van der Waals surface area contributed by atoms with Crippen LogP contribution in [0.5, 0.6) is 17.5 Å². The molecule has 28 heavy (non-hydrogen) atoms. The van der Waals surface area contributed by atoms with E-state index in [-0.39, 0.29) is 39.2 Å². The monoisotopic (exact) mass is 423 g/mol. The van der Waals surface area contributed by atoms with Crippen molar-refractivity contribution >= 4 is 23.2 Å². The minimum absolute atomic E-state index is 0.0274. The first-order chi connectivity index (χ1) is 13.2. The Labute approximate surface area is 168 Å². The SMILES string of the molecule is CC(C)c1nc(Oc2c(Cl)cc(-c3nn(C)c(=O)[nH]c3=O)cc2Cl)ncc1O. The molecule has 9 nitrogen and oxygen atoms in total. The number of aromatic amines is 1. The Morgan fingerprint density at radius 3 is 2.46 bits per heavy atom. The minimum atomic E-state index is -0.674. The van der Waals surface area contributed by atoms with Gasteiger partial charge >= 0.3 is 11.7 Å². The van der Waals surface area contributed by atoms with Gasteiger partial charge in [0.15, 0.2) is 17.2 Å². The molecule has 2 heterocycles. The standard InChI is InChI=1S/C17H15Cl2N5O4/c1-7(2)12-11(25)6-20-16(21-12)28-14-9(18)4-8(5-10(14)19)13-15(26)22-17(27)24(3)23-13/h4-7,25H,1-3H3,(H,22,26,27). The van der Waals surface area contributed by atoms with Gasteiger partial charge in [0, 0.05) is 12.6 Å². The zero-order chi connectivity index (χ0) is 20.6. The summed E-state index contributed by atoms with van der Waals surface area (Å²) < 4.78 is 6.58. The van der Waals surface area contributed by atoms with Gasteiger partial charge < -0.3 is 9.84 Å². The summed E-state index contributed by atoms with van der Waals surface area (Å²) in [5, 5.41) is 13.9. The summed E-state index contributed by atoms with van der Waals surface area (Å²) in [7, 11) is 1.40. The molecular formula is C17H15Cl2N5O4. The number of aryl methyl sites for hydroxylation is 1. The second-order valence-corrected chi connectivity index (χ2v) is 6.99. The summed E-state index contributed by atoms with van der Waals surface area (Å²) in [5.74, 6) is -0.0233. The normalized spacial score (nSPS) is 11.1. The lowest BCUT2D eigenvalue weighted by Crippen LogP contribution is -2.31. The maximum atomic E-state index is 12.0. The zero-order valence-electron chi connectivity index (χ0n) is 15.0. The molecule has 0 aliphatic rings. The van der Waals surface area contributed by atoms with Crippen LogP contribution in [-0.4, -0.2) is 29.8 Å². The number of benzene rings is 1. The number of halogens is 2. The van der Waals surface area contributed by atoms with Crippen molar-refractivity contribution in [2.75, 3.05) is 0 Å². The van der Waals surface area contributed by atoms with E-state index in [1.807, 2.05) is 13.8 Å². The summed E-state index contributed by atoms with van der Waals surface area (Å²) in [6.45, 7) is 3.72. The molecule has 3 rings (SSSR count). The van der Waals surface area contributed by atoms with Gasteiger partial charge in [0.2, 0.25) is 0 Å². The molecule has 0 saturated carbocycles. The number of hydrogen-bond donors (Lipinski definition) is 2. The number of H-pyrrole nitrogens is 1. The molecule has 0 saturated heterocycles. The topological polar surface area (TPSA) is 123 Å². The molecule has 2 N–H and O–H groups in total. The Bertz CT molecular complexity index is 1150. The molecular weight excluding hydrogens is 409 g/mol. The molecule has 1 aromatic carbocycles. The van der Waals surface area contributed by atoms with Gasteiger partial charge in [-0.05, 0) is 18.1 Å². The zero-order valence-corrected chi connectivity index (χ0v) is 16.5. The fourth-order valence-electron chi connectivity index (χ4n) is 2.40. The first kappa shape index (κ1) is 19.8. The van der Waals surface area contributed by atoms with Crippen molar-refractivity contribution in [3.05, 3.63) is 54.9 Å². The maximum absolute atomic E-state index is 12.0. The number of nitrogens with one attached hydrogen (secondary N) is 1. The molecule has 0 radical (unpaired) electrons. The molecule has 3 aromatic rings. The molecule has 11 heteroatoms. The van der Waals surface area contributed by atoms with Gasteiger partial charge in [0.1, 0.15) is 0 Å². The molecule has 0 aliphatic carbocycles. The summed E-state index contributed by atoms with van der Waals surface area (Å²) in [6.07, 6.45) is 1.22. The highest BCUT2D eigenvalue weighted by Crippen LogP contribution is 2.38. The van der Waals surface area contributed by atoms with Crippen LogP contribution in [-0.2, 0) is 7.05 Å². The molecule has 0 bridgehead atoms. The Kier molecular flexibility index (Phi) is 5.39. The van der Waals surface area contributed by atoms with Gasteiger partial charge in [-0.25, -0.2) is 9.48 Å². The number of aromatic hydroxyl groups is 1. The van der Waals surface area contributed by atoms with E-state index in [0.29, 0.717) is 11.3 Å². The van der Waals surface area contributed by atoms with Crippen molar-refractivity contribution < 1.29 is 9.84 Å². The van der Waals surface area contributed by atoms with E-state index in [9.17, 15) is 14.7 Å². The van der Waals surface area contributed by atoms with E-state index < -0.39 is 11.2 Å². The molecule has 0 aliphatic heterocycles. The van der Waals surface area contributed by atoms with Gasteiger partial charge in [0.05, 0.1) is 21.9 Å². The molecule has 2 aromatic heterocycles. The second kappa shape index (κ2) is 7.61. The van der Waals surface area contributed by atoms with Crippen molar-refractivity contribution in [3.8, 4) is 28.8 Å². The lowest BCUT2D eigenvalue weighted by Gasteiger charge is -2.12. The van der Waals surface area contributed by atoms with Crippen LogP contribution in [0.4, 0.5) is 0 Å². The molecule has 146 valence electrons. The fourth-order valence-corrected chi connectivity index (χ4v) is 2.96. The number of rotatable bonds is 4. The van der Waals surface area contributed by atoms with Crippen LogP contribution in [0.3, 0.4) is 0 Å². The molecule has 0 unspecified atom stereocenters. The van der Waals surface area contributed by atoms with E-state index in [0.717, 1.165) is 4.68 Å². The lowest BCUT2D eigenvalue weighted by molar-refractivity contribution is 0.417. The van der Waals surface area contributed by atoms with E-state index >= 15 is 0 Å². The average Bonchev–Trinajstić information content (AvgIpc) is 2.62. The minimum Gasteiger partial charge on any atom is -0.504 e. The quantitative estimate of drug-likeness (QED) is 0.660. The largest absolute Gasteiger partial charge is 0.504 e. The third-order valence-corrected chi connectivity index (χ3v) is 4.33. The van der Waals surface area contributed by atoms with Crippen LogP contribution >= 0.6 is 23.2 Å². The second-order valence-electron chi connectivity index (χ2n) is 6.18. The predicted octanol–water partition coefficient (Wildman–Crippen LogP) is 2.85. The van der Waals surface area contributed by atoms with Gasteiger partial charge in [0.25, 0.3) is 5.56 Å². The van der Waals surface area contributed by atoms with Gasteiger partial charge in [-0.1, -0.05) is 37.0 Å². The summed E-state index contributed by atoms with van der Waals surface area (Å²) in [6, 6.07) is 2.81. The van der Waals surface area contributed by atoms with Crippen LogP contribution < -0.4 is 16.0 Å². The highest BCUT2D eigenvalue weighted by molar-refractivity contribution is 6.37. The molecule has 0 spiro atoms. The Morgan fingerprint density at radius 1 is 1.21 bits per heavy atom. The number of hydrogen-bond acceptors (Lipinski definition) is 7. The Balaban J connectivity index is 2.02. The van der Waals surface area contributed by atoms with Crippen LogP contribution in [0.15, 0.2) is 27.9 Å². The van der Waals surface area contributed by atoms with E-state index in [1.54, 1.807) is 0 Å². The smallest absolute Gasteiger partial charge is 0.344 e. The van der Waals surface area contributed by atoms with Crippen LogP contribution in [0.2, 0.25) is 10.0 Å². The van der Waals surface area contributed by atoms with Crippen LogP contribution in [0.25, 0.3) is 11.3 Å². The predicted molar refractivity (Wildman–Crippen MR) is 103 cm³/mol. The third-order valence-electron chi connectivity index (χ3n) is 3.77. The summed E-state index contributed by atoms with van der Waals surface area (Å²) >= 11 is 12.5. The van der Waals surface area contributed by atoms with Crippen molar-refractivity contribution in [1.29, 1.82) is 0 Å². The molecule has 0 atom stereocenters. The molecule has 0 amide bonds. The number of nitrogens with zero attached hydrogens (tertiary/aromatic N) is 4. The summed E-state index contributed by atoms with van der Waals surface area (Å²) in [4.78, 5) is 33.7. The first-order valence-electron chi connectivity index (χ1n) is 8.08. The van der Waals surface area contributed by atoms with Crippen molar-refractivity contribution in [2.45, 2.75) is 19.8 Å². The highest BCUT2D eigenvalue weighted by atomic mass is 35.5. The van der Waals surface area contributed by atoms with Crippen molar-refractivity contribution in [3.63, 3.8) is 0 Å². The highest BCUT2D eigenvalue weighted by Gasteiger charge is 2.18. The van der Waals surface area contributed by atoms with Gasteiger partial charge in [-0.3, -0.25) is 9.78 Å². The number of ether oxygens (including phenoxy) is 1. The van der Waals surface area contributed by atoms with Crippen molar-refractivity contribution in [2.24, 2.45) is 7.05 Å². The van der Waals surface area contributed by atoms with Crippen LogP contribution in [0.1, 0.15) is 25.5 Å². The Morgan fingerprint density at radius 2 is 1.86 bits per heavy atom. The van der Waals surface area contributed by atoms with E-state index in [2.05, 4.69) is 20.1 Å². The van der Waals surface area contributed by atoms with Crippen molar-refractivity contribution in [1.82, 2.24) is 24.7 Å². The number of aromatic nitrogens is 5. The molecule has 0 fully saturated rings. The van der Waals surface area contributed by atoms with Gasteiger partial charge in [-0.15, -0.1) is 0 Å². The third kappa shape index (κ3) is 3.85. The maximum Gasteiger partial charge on any atom is 0.344 e. The Hall–Kier alpha value is -2.91. The van der Waals surface area contributed by atoms with E-state index in [1.165, 1.54) is 25.4 Å². The van der Waals surface area contributed by atoms with E-state index in [4.69, 9.17) is 27.9 Å². The van der Waals surface area contributed by atoms with Crippen LogP contribution in [0, 0.1) is 0 Å². The fraction of sp³-hybridized carbons (Fsp3) is 0.235. The lowest BCUT2D eigenvalue weighted by atomic mass is 10.1. The average molecular weight is 424 g/mol. The van der Waals surface area contributed by atoms with Gasteiger partial charge in [-0.2, -0.15) is 15.1 Å². The summed E-state index contributed by atoms with van der Waals surface area (Å²) in [5.41, 5.74) is -0.632.